The summed E-state index contributed by atoms with van der Waals surface area (Å²) >= 11 is 0. The summed E-state index contributed by atoms with van der Waals surface area (Å²) in [4.78, 5) is 9.00. The molecule has 0 aliphatic carbocycles. The molecule has 0 spiro atoms. The molecular formula is C16H21N3O2. The summed E-state index contributed by atoms with van der Waals surface area (Å²) in [5, 5.41) is 9.47. The fourth-order valence-electron chi connectivity index (χ4n) is 1.66. The van der Waals surface area contributed by atoms with Crippen LogP contribution in [0.4, 0.5) is 11.4 Å². The summed E-state index contributed by atoms with van der Waals surface area (Å²) in [6.07, 6.45) is 0. The third kappa shape index (κ3) is 6.56. The molecular weight excluding hydrogens is 266 g/mol. The molecule has 4 N–H and O–H groups in total. The van der Waals surface area contributed by atoms with Gasteiger partial charge in [-0.25, -0.2) is 5.43 Å². The van der Waals surface area contributed by atoms with Gasteiger partial charge in [-0.2, -0.15) is 0 Å². The van der Waals surface area contributed by atoms with E-state index >= 15 is 0 Å². The predicted octanol–water partition coefficient (Wildman–Crippen LogP) is 2.38. The summed E-state index contributed by atoms with van der Waals surface area (Å²) in [5.74, 6) is -0.833. The van der Waals surface area contributed by atoms with Crippen molar-refractivity contribution < 1.29 is 9.90 Å². The Kier molecular flexibility index (Phi) is 7.56. The summed E-state index contributed by atoms with van der Waals surface area (Å²) in [7, 11) is 0. The molecule has 5 heteroatoms. The average Bonchev–Trinajstić information content (AvgIpc) is 2.49. The molecule has 2 rings (SSSR count). The molecule has 21 heavy (non-hydrogen) atoms. The van der Waals surface area contributed by atoms with E-state index in [1.54, 1.807) is 0 Å². The van der Waals surface area contributed by atoms with Crippen LogP contribution in [-0.2, 0) is 4.79 Å². The number of hydrogen-bond donors (Lipinski definition) is 3. The highest BCUT2D eigenvalue weighted by Crippen LogP contribution is 2.21. The lowest BCUT2D eigenvalue weighted by Gasteiger charge is -2.25. The van der Waals surface area contributed by atoms with Crippen LogP contribution in [0.2, 0.25) is 0 Å². The molecule has 0 saturated carbocycles. The standard InChI is InChI=1S/C14H17N3.C2H4O2/c15-11-12-16-17(13-7-3-1-4-8-13)14-9-5-2-6-10-14;1-2(3)4/h1-10,16H,11-12,15H2;1H3,(H,3,4). The van der Waals surface area contributed by atoms with Crippen molar-refractivity contribution in [1.29, 1.82) is 0 Å². The van der Waals surface area contributed by atoms with Crippen molar-refractivity contribution in [3.8, 4) is 0 Å². The zero-order valence-electron chi connectivity index (χ0n) is 12.1. The Labute approximate surface area is 125 Å². The van der Waals surface area contributed by atoms with Crippen LogP contribution >= 0.6 is 0 Å². The molecule has 0 unspecified atom stereocenters. The van der Waals surface area contributed by atoms with Crippen molar-refractivity contribution in [2.24, 2.45) is 5.73 Å². The van der Waals surface area contributed by atoms with E-state index in [-0.39, 0.29) is 0 Å². The van der Waals surface area contributed by atoms with Crippen LogP contribution in [0, 0.1) is 0 Å². The number of hydrogen-bond acceptors (Lipinski definition) is 4. The summed E-state index contributed by atoms with van der Waals surface area (Å²) in [5.41, 5.74) is 11.1. The Morgan fingerprint density at radius 3 is 1.76 bits per heavy atom. The first-order chi connectivity index (χ1) is 10.1. The minimum Gasteiger partial charge on any atom is -0.481 e. The lowest BCUT2D eigenvalue weighted by atomic mass is 10.2. The lowest BCUT2D eigenvalue weighted by molar-refractivity contribution is -0.134. The van der Waals surface area contributed by atoms with Gasteiger partial charge in [-0.1, -0.05) is 36.4 Å². The topological polar surface area (TPSA) is 78.6 Å². The minimum absolute atomic E-state index is 0.607. The fourth-order valence-corrected chi connectivity index (χ4v) is 1.66. The zero-order chi connectivity index (χ0) is 15.5. The number of anilines is 2. The van der Waals surface area contributed by atoms with Crippen LogP contribution < -0.4 is 16.2 Å². The Morgan fingerprint density at radius 2 is 1.43 bits per heavy atom. The number of para-hydroxylation sites is 2. The third-order valence-corrected chi connectivity index (χ3v) is 2.44. The van der Waals surface area contributed by atoms with Gasteiger partial charge in [0.15, 0.2) is 0 Å². The highest BCUT2D eigenvalue weighted by atomic mass is 16.4. The van der Waals surface area contributed by atoms with Gasteiger partial charge in [-0.05, 0) is 24.3 Å². The molecule has 0 aliphatic rings. The number of nitrogens with one attached hydrogen (secondary N) is 1. The van der Waals surface area contributed by atoms with Crippen LogP contribution in [0.3, 0.4) is 0 Å². The van der Waals surface area contributed by atoms with Gasteiger partial charge in [-0.3, -0.25) is 9.80 Å². The van der Waals surface area contributed by atoms with Crippen LogP contribution in [0.5, 0.6) is 0 Å². The number of carboxylic acid groups (broad SMARTS) is 1. The van der Waals surface area contributed by atoms with Gasteiger partial charge < -0.3 is 10.8 Å². The SMILES string of the molecule is CC(=O)O.NCCNN(c1ccccc1)c1ccccc1. The Bertz CT molecular complexity index is 474. The molecule has 0 amide bonds. The van der Waals surface area contributed by atoms with E-state index in [2.05, 4.69) is 29.7 Å². The number of hydrazine groups is 1. The highest BCUT2D eigenvalue weighted by Gasteiger charge is 2.06. The maximum atomic E-state index is 9.00. The monoisotopic (exact) mass is 287 g/mol. The normalized spacial score (nSPS) is 9.43. The van der Waals surface area contributed by atoms with Gasteiger partial charge >= 0.3 is 0 Å². The quantitative estimate of drug-likeness (QED) is 0.736. The molecule has 0 radical (unpaired) electrons. The fraction of sp³-hybridized carbons (Fsp3) is 0.188. The number of nitrogens with zero attached hydrogens (tertiary/aromatic N) is 1. The maximum absolute atomic E-state index is 9.00. The van der Waals surface area contributed by atoms with Gasteiger partial charge in [0, 0.05) is 20.0 Å². The molecule has 0 saturated heterocycles. The molecule has 0 atom stereocenters. The first-order valence-corrected chi connectivity index (χ1v) is 6.68. The zero-order valence-corrected chi connectivity index (χ0v) is 12.1. The van der Waals surface area contributed by atoms with Crippen molar-refractivity contribution in [3.63, 3.8) is 0 Å². The number of rotatable bonds is 5. The predicted molar refractivity (Wildman–Crippen MR) is 85.4 cm³/mol. The first kappa shape index (κ1) is 16.7. The van der Waals surface area contributed by atoms with Crippen molar-refractivity contribution in [2.75, 3.05) is 18.1 Å². The number of carboxylic acids is 1. The Morgan fingerprint density at radius 1 is 1.05 bits per heavy atom. The molecule has 2 aromatic rings. The van der Waals surface area contributed by atoms with E-state index in [0.29, 0.717) is 6.54 Å². The smallest absolute Gasteiger partial charge is 0.300 e. The second-order valence-corrected chi connectivity index (χ2v) is 4.22. The summed E-state index contributed by atoms with van der Waals surface area (Å²) < 4.78 is 0. The van der Waals surface area contributed by atoms with E-state index < -0.39 is 5.97 Å². The number of nitrogens with two attached hydrogens (primary N) is 1. The number of benzene rings is 2. The van der Waals surface area contributed by atoms with Crippen molar-refractivity contribution >= 4 is 17.3 Å². The molecule has 2 aromatic carbocycles. The van der Waals surface area contributed by atoms with Crippen molar-refractivity contribution in [2.45, 2.75) is 6.92 Å². The minimum atomic E-state index is -0.833. The van der Waals surface area contributed by atoms with Crippen molar-refractivity contribution in [1.82, 2.24) is 5.43 Å². The molecule has 0 heterocycles. The Balaban J connectivity index is 0.000000491. The second kappa shape index (κ2) is 9.52. The average molecular weight is 287 g/mol. The van der Waals surface area contributed by atoms with Gasteiger partial charge in [0.25, 0.3) is 5.97 Å². The van der Waals surface area contributed by atoms with Crippen LogP contribution in [0.15, 0.2) is 60.7 Å². The van der Waals surface area contributed by atoms with E-state index in [1.807, 2.05) is 41.4 Å². The molecule has 112 valence electrons. The van der Waals surface area contributed by atoms with Crippen LogP contribution in [-0.4, -0.2) is 24.2 Å². The summed E-state index contributed by atoms with van der Waals surface area (Å²) in [6, 6.07) is 20.4. The number of aliphatic carboxylic acids is 1. The highest BCUT2D eigenvalue weighted by molar-refractivity contribution is 5.63. The van der Waals surface area contributed by atoms with Gasteiger partial charge in [0.05, 0.1) is 11.4 Å². The maximum Gasteiger partial charge on any atom is 0.300 e. The first-order valence-electron chi connectivity index (χ1n) is 6.68. The van der Waals surface area contributed by atoms with Crippen molar-refractivity contribution in [3.05, 3.63) is 60.7 Å². The van der Waals surface area contributed by atoms with E-state index in [4.69, 9.17) is 15.6 Å². The molecule has 0 aromatic heterocycles. The molecule has 5 nitrogen and oxygen atoms in total. The molecule has 0 fully saturated rings. The third-order valence-electron chi connectivity index (χ3n) is 2.44. The number of carbonyl (C=O) groups is 1. The van der Waals surface area contributed by atoms with Gasteiger partial charge in [-0.15, -0.1) is 0 Å². The van der Waals surface area contributed by atoms with E-state index in [0.717, 1.165) is 24.8 Å². The van der Waals surface area contributed by atoms with E-state index in [1.165, 1.54) is 0 Å². The summed E-state index contributed by atoms with van der Waals surface area (Å²) in [6.45, 7) is 2.43. The van der Waals surface area contributed by atoms with Gasteiger partial charge in [0.2, 0.25) is 0 Å². The second-order valence-electron chi connectivity index (χ2n) is 4.22. The van der Waals surface area contributed by atoms with E-state index in [9.17, 15) is 0 Å². The lowest BCUT2D eigenvalue weighted by Crippen LogP contribution is -2.37. The van der Waals surface area contributed by atoms with Crippen LogP contribution in [0.1, 0.15) is 6.92 Å². The van der Waals surface area contributed by atoms with Gasteiger partial charge in [0.1, 0.15) is 0 Å². The van der Waals surface area contributed by atoms with Crippen LogP contribution in [0.25, 0.3) is 0 Å². The molecule has 0 aliphatic heterocycles. The largest absolute Gasteiger partial charge is 0.481 e. The molecule has 0 bridgehead atoms. The Hall–Kier alpha value is -2.37.